The zero-order valence-electron chi connectivity index (χ0n) is 12.8. The molecule has 1 aliphatic heterocycles. The van der Waals surface area contributed by atoms with Crippen LogP contribution in [0.4, 0.5) is 5.69 Å². The van der Waals surface area contributed by atoms with Crippen LogP contribution in [-0.2, 0) is 0 Å². The topological polar surface area (TPSA) is 89.5 Å². The number of halogens is 1. The number of carbonyl (C=O) groups excluding carboxylic acids is 1. The summed E-state index contributed by atoms with van der Waals surface area (Å²) in [5.41, 5.74) is 6.84. The minimum Gasteiger partial charge on any atom is -0.334 e. The lowest BCUT2D eigenvalue weighted by Crippen LogP contribution is -2.51. The summed E-state index contributed by atoms with van der Waals surface area (Å²) in [5, 5.41) is 10.8. The summed E-state index contributed by atoms with van der Waals surface area (Å²) < 4.78 is 0. The highest BCUT2D eigenvalue weighted by Crippen LogP contribution is 2.26. The predicted octanol–water partition coefficient (Wildman–Crippen LogP) is 2.52. The molecule has 0 saturated carbocycles. The van der Waals surface area contributed by atoms with Crippen LogP contribution in [0.5, 0.6) is 0 Å². The van der Waals surface area contributed by atoms with E-state index in [1.807, 2.05) is 4.90 Å². The molecule has 2 rings (SSSR count). The maximum absolute atomic E-state index is 12.6. The van der Waals surface area contributed by atoms with E-state index in [4.69, 9.17) is 5.73 Å². The third-order valence-corrected chi connectivity index (χ3v) is 4.26. The number of nitro benzene ring substituents is 1. The van der Waals surface area contributed by atoms with Gasteiger partial charge in [-0.15, -0.1) is 12.4 Å². The first-order chi connectivity index (χ1) is 9.95. The summed E-state index contributed by atoms with van der Waals surface area (Å²) in [6.07, 6.45) is 2.04. The molecule has 122 valence electrons. The highest BCUT2D eigenvalue weighted by molar-refractivity contribution is 5.95. The fourth-order valence-corrected chi connectivity index (χ4v) is 3.02. The Hall–Kier alpha value is -1.66. The molecule has 1 aliphatic rings. The number of hydrogen-bond donors (Lipinski definition) is 1. The lowest BCUT2D eigenvalue weighted by Gasteiger charge is -2.39. The molecule has 6 nitrogen and oxygen atoms in total. The number of aryl methyl sites for hydroxylation is 1. The molecule has 2 N–H and O–H groups in total. The maximum atomic E-state index is 12.6. The minimum absolute atomic E-state index is 0. The molecule has 1 heterocycles. The Bertz CT molecular complexity index is 565. The smallest absolute Gasteiger partial charge is 0.272 e. The Morgan fingerprint density at radius 1 is 1.50 bits per heavy atom. The number of benzene rings is 1. The number of piperidine rings is 1. The van der Waals surface area contributed by atoms with E-state index in [1.54, 1.807) is 13.0 Å². The second kappa shape index (κ2) is 7.56. The first kappa shape index (κ1) is 18.4. The zero-order valence-corrected chi connectivity index (χ0v) is 13.6. The molecule has 0 aromatic heterocycles. The number of nitrogens with zero attached hydrogens (tertiary/aromatic N) is 2. The van der Waals surface area contributed by atoms with Gasteiger partial charge in [-0.1, -0.05) is 6.92 Å². The molecule has 0 spiro atoms. The van der Waals surface area contributed by atoms with Crippen molar-refractivity contribution in [2.75, 3.05) is 13.1 Å². The number of carbonyl (C=O) groups is 1. The summed E-state index contributed by atoms with van der Waals surface area (Å²) >= 11 is 0. The fourth-order valence-electron chi connectivity index (χ4n) is 3.02. The first-order valence-corrected chi connectivity index (χ1v) is 7.21. The van der Waals surface area contributed by atoms with Gasteiger partial charge in [0.15, 0.2) is 0 Å². The monoisotopic (exact) mass is 327 g/mol. The van der Waals surface area contributed by atoms with Crippen LogP contribution in [0.2, 0.25) is 0 Å². The van der Waals surface area contributed by atoms with Gasteiger partial charge < -0.3 is 10.6 Å². The van der Waals surface area contributed by atoms with E-state index < -0.39 is 4.92 Å². The number of amides is 1. The van der Waals surface area contributed by atoms with Crippen molar-refractivity contribution >= 4 is 24.0 Å². The van der Waals surface area contributed by atoms with Gasteiger partial charge in [0.2, 0.25) is 0 Å². The summed E-state index contributed by atoms with van der Waals surface area (Å²) in [4.78, 5) is 24.9. The van der Waals surface area contributed by atoms with Crippen LogP contribution in [0.25, 0.3) is 0 Å². The van der Waals surface area contributed by atoms with Crippen molar-refractivity contribution in [1.82, 2.24) is 4.90 Å². The third-order valence-electron chi connectivity index (χ3n) is 4.26. The highest BCUT2D eigenvalue weighted by Gasteiger charge is 2.31. The first-order valence-electron chi connectivity index (χ1n) is 7.21. The average molecular weight is 328 g/mol. The van der Waals surface area contributed by atoms with E-state index >= 15 is 0 Å². The van der Waals surface area contributed by atoms with Gasteiger partial charge in [-0.05, 0) is 37.8 Å². The van der Waals surface area contributed by atoms with Gasteiger partial charge in [0.25, 0.3) is 11.6 Å². The molecule has 1 amide bonds. The van der Waals surface area contributed by atoms with Crippen molar-refractivity contribution in [3.05, 3.63) is 39.4 Å². The minimum atomic E-state index is -0.435. The van der Waals surface area contributed by atoms with Gasteiger partial charge in [-0.25, -0.2) is 0 Å². The van der Waals surface area contributed by atoms with Crippen molar-refractivity contribution in [2.45, 2.75) is 32.7 Å². The molecule has 2 unspecified atom stereocenters. The Kier molecular flexibility index (Phi) is 6.32. The zero-order chi connectivity index (χ0) is 15.6. The predicted molar refractivity (Wildman–Crippen MR) is 87.4 cm³/mol. The second-order valence-electron chi connectivity index (χ2n) is 5.68. The summed E-state index contributed by atoms with van der Waals surface area (Å²) in [5.74, 6) is 0.293. The van der Waals surface area contributed by atoms with E-state index in [1.165, 1.54) is 12.1 Å². The number of nitrogens with two attached hydrogens (primary N) is 1. The average Bonchev–Trinajstić information content (AvgIpc) is 2.45. The van der Waals surface area contributed by atoms with Gasteiger partial charge in [0, 0.05) is 36.3 Å². The second-order valence-corrected chi connectivity index (χ2v) is 5.68. The van der Waals surface area contributed by atoms with Gasteiger partial charge >= 0.3 is 0 Å². The van der Waals surface area contributed by atoms with Crippen molar-refractivity contribution in [3.8, 4) is 0 Å². The molecule has 1 aromatic carbocycles. The molecule has 1 saturated heterocycles. The van der Waals surface area contributed by atoms with Crippen LogP contribution in [-0.4, -0.2) is 34.9 Å². The van der Waals surface area contributed by atoms with Gasteiger partial charge in [-0.3, -0.25) is 14.9 Å². The molecule has 0 aliphatic carbocycles. The number of hydrogen-bond acceptors (Lipinski definition) is 4. The van der Waals surface area contributed by atoms with Gasteiger partial charge in [0.1, 0.15) is 0 Å². The van der Waals surface area contributed by atoms with E-state index in [2.05, 4.69) is 6.92 Å². The lowest BCUT2D eigenvalue weighted by atomic mass is 9.90. The lowest BCUT2D eigenvalue weighted by molar-refractivity contribution is -0.385. The van der Waals surface area contributed by atoms with Gasteiger partial charge in [0.05, 0.1) is 4.92 Å². The van der Waals surface area contributed by atoms with Crippen LogP contribution in [0, 0.1) is 23.0 Å². The van der Waals surface area contributed by atoms with E-state index in [0.717, 1.165) is 12.8 Å². The molecule has 7 heteroatoms. The SMILES string of the molecule is Cc1cc(C(=O)N2CCCC(C)C2CN)ccc1[N+](=O)[O-].Cl. The van der Waals surface area contributed by atoms with Crippen molar-refractivity contribution in [2.24, 2.45) is 11.7 Å². The normalized spacial score (nSPS) is 21.1. The Morgan fingerprint density at radius 3 is 2.73 bits per heavy atom. The summed E-state index contributed by atoms with van der Waals surface area (Å²) in [6.45, 7) is 4.89. The van der Waals surface area contributed by atoms with Crippen molar-refractivity contribution in [3.63, 3.8) is 0 Å². The van der Waals surface area contributed by atoms with E-state index in [-0.39, 0.29) is 30.0 Å². The van der Waals surface area contributed by atoms with Gasteiger partial charge in [-0.2, -0.15) is 0 Å². The summed E-state index contributed by atoms with van der Waals surface area (Å²) in [6, 6.07) is 4.56. The number of likely N-dealkylation sites (tertiary alicyclic amines) is 1. The fraction of sp³-hybridized carbons (Fsp3) is 0.533. The van der Waals surface area contributed by atoms with Crippen LogP contribution < -0.4 is 5.73 Å². The number of nitro groups is 1. The third kappa shape index (κ3) is 3.56. The Balaban J connectivity index is 0.00000242. The molecular weight excluding hydrogens is 306 g/mol. The van der Waals surface area contributed by atoms with E-state index in [9.17, 15) is 14.9 Å². The molecule has 2 atom stereocenters. The standard InChI is InChI=1S/C15H21N3O3.ClH/c1-10-4-3-7-17(14(10)9-16)15(19)12-5-6-13(18(20)21)11(2)8-12;/h5-6,8,10,14H,3-4,7,9,16H2,1-2H3;1H. The van der Waals surface area contributed by atoms with Crippen LogP contribution >= 0.6 is 12.4 Å². The van der Waals surface area contributed by atoms with Crippen molar-refractivity contribution in [1.29, 1.82) is 0 Å². The van der Waals surface area contributed by atoms with E-state index in [0.29, 0.717) is 30.1 Å². The van der Waals surface area contributed by atoms with Crippen LogP contribution in [0.15, 0.2) is 18.2 Å². The molecule has 1 fully saturated rings. The quantitative estimate of drug-likeness (QED) is 0.682. The number of rotatable bonds is 3. The molecular formula is C15H22ClN3O3. The Morgan fingerprint density at radius 2 is 2.18 bits per heavy atom. The van der Waals surface area contributed by atoms with Crippen LogP contribution in [0.1, 0.15) is 35.7 Å². The molecule has 1 aromatic rings. The Labute approximate surface area is 136 Å². The van der Waals surface area contributed by atoms with Crippen molar-refractivity contribution < 1.29 is 9.72 Å². The molecule has 0 radical (unpaired) electrons. The highest BCUT2D eigenvalue weighted by atomic mass is 35.5. The summed E-state index contributed by atoms with van der Waals surface area (Å²) in [7, 11) is 0. The largest absolute Gasteiger partial charge is 0.334 e. The maximum Gasteiger partial charge on any atom is 0.272 e. The molecule has 22 heavy (non-hydrogen) atoms. The molecule has 0 bridgehead atoms. The van der Waals surface area contributed by atoms with Crippen LogP contribution in [0.3, 0.4) is 0 Å².